The number of hydrogen-bond donors (Lipinski definition) is 0. The summed E-state index contributed by atoms with van der Waals surface area (Å²) in [6, 6.07) is 12.6. The van der Waals surface area contributed by atoms with Gasteiger partial charge in [-0.25, -0.2) is 4.68 Å². The number of nitrogens with zero attached hydrogens (tertiary/aromatic N) is 3. The third kappa shape index (κ3) is 2.63. The summed E-state index contributed by atoms with van der Waals surface area (Å²) < 4.78 is 2.08. The maximum atomic E-state index is 4.88. The van der Waals surface area contributed by atoms with E-state index in [4.69, 9.17) is 5.10 Å². The second kappa shape index (κ2) is 5.24. The molecule has 0 aliphatic carbocycles. The highest BCUT2D eigenvalue weighted by atomic mass is 15.3. The Labute approximate surface area is 132 Å². The van der Waals surface area contributed by atoms with Gasteiger partial charge >= 0.3 is 0 Å². The lowest BCUT2D eigenvalue weighted by Crippen LogP contribution is -2.12. The van der Waals surface area contributed by atoms with Crippen molar-refractivity contribution in [3.05, 3.63) is 54.0 Å². The largest absolute Gasteiger partial charge is 0.256 e. The standard InChI is InChI=1S/C19H23N3/c1-13(2)17-12-18(19(3,4)5)21-22(17)15-8-9-16-14(11-15)7-6-10-20-16/h6-13H,1-5H3. The van der Waals surface area contributed by atoms with Crippen LogP contribution in [-0.2, 0) is 5.41 Å². The zero-order valence-electron chi connectivity index (χ0n) is 14.0. The minimum atomic E-state index is 0.0489. The van der Waals surface area contributed by atoms with Crippen LogP contribution in [0.3, 0.4) is 0 Å². The van der Waals surface area contributed by atoms with Gasteiger partial charge in [-0.15, -0.1) is 0 Å². The van der Waals surface area contributed by atoms with Crippen molar-refractivity contribution in [2.75, 3.05) is 0 Å². The molecule has 1 aromatic carbocycles. The van der Waals surface area contributed by atoms with Gasteiger partial charge in [0.05, 0.1) is 16.9 Å². The molecule has 0 bridgehead atoms. The van der Waals surface area contributed by atoms with Crippen LogP contribution in [0.1, 0.15) is 51.9 Å². The van der Waals surface area contributed by atoms with Crippen LogP contribution in [0.4, 0.5) is 0 Å². The van der Waals surface area contributed by atoms with Gasteiger partial charge in [0, 0.05) is 22.7 Å². The van der Waals surface area contributed by atoms with Crippen LogP contribution in [-0.4, -0.2) is 14.8 Å². The number of benzene rings is 1. The van der Waals surface area contributed by atoms with Gasteiger partial charge in [0.15, 0.2) is 0 Å². The van der Waals surface area contributed by atoms with Crippen molar-refractivity contribution in [3.8, 4) is 5.69 Å². The number of rotatable bonds is 2. The van der Waals surface area contributed by atoms with E-state index in [0.29, 0.717) is 5.92 Å². The van der Waals surface area contributed by atoms with E-state index in [2.05, 4.69) is 74.6 Å². The fourth-order valence-corrected chi connectivity index (χ4v) is 2.57. The third-order valence-electron chi connectivity index (χ3n) is 3.93. The molecule has 2 aromatic heterocycles. The Morgan fingerprint density at radius 2 is 1.82 bits per heavy atom. The van der Waals surface area contributed by atoms with Crippen molar-refractivity contribution in [2.24, 2.45) is 0 Å². The Bertz CT molecular complexity index is 807. The first-order valence-electron chi connectivity index (χ1n) is 7.82. The smallest absolute Gasteiger partial charge is 0.0703 e. The van der Waals surface area contributed by atoms with E-state index in [0.717, 1.165) is 22.3 Å². The minimum Gasteiger partial charge on any atom is -0.256 e. The Morgan fingerprint density at radius 1 is 1.05 bits per heavy atom. The first kappa shape index (κ1) is 14.8. The van der Waals surface area contributed by atoms with Crippen LogP contribution in [0, 0.1) is 0 Å². The van der Waals surface area contributed by atoms with Gasteiger partial charge in [0.25, 0.3) is 0 Å². The normalized spacial score (nSPS) is 12.3. The van der Waals surface area contributed by atoms with Gasteiger partial charge in [-0.1, -0.05) is 40.7 Å². The van der Waals surface area contributed by atoms with Gasteiger partial charge in [-0.2, -0.15) is 5.10 Å². The highest BCUT2D eigenvalue weighted by Gasteiger charge is 2.21. The van der Waals surface area contributed by atoms with Crippen molar-refractivity contribution in [1.82, 2.24) is 14.8 Å². The fourth-order valence-electron chi connectivity index (χ4n) is 2.57. The van der Waals surface area contributed by atoms with Crippen molar-refractivity contribution < 1.29 is 0 Å². The molecule has 3 aromatic rings. The van der Waals surface area contributed by atoms with Crippen LogP contribution in [0.5, 0.6) is 0 Å². The second-order valence-electron chi connectivity index (χ2n) is 7.15. The molecule has 0 aliphatic heterocycles. The number of aromatic nitrogens is 3. The van der Waals surface area contributed by atoms with E-state index < -0.39 is 0 Å². The van der Waals surface area contributed by atoms with E-state index in [1.54, 1.807) is 0 Å². The Kier molecular flexibility index (Phi) is 3.51. The molecule has 22 heavy (non-hydrogen) atoms. The molecule has 0 aliphatic rings. The monoisotopic (exact) mass is 293 g/mol. The quantitative estimate of drug-likeness (QED) is 0.676. The van der Waals surface area contributed by atoms with Crippen LogP contribution in [0.2, 0.25) is 0 Å². The van der Waals surface area contributed by atoms with Gasteiger partial charge in [0.1, 0.15) is 0 Å². The molecule has 3 nitrogen and oxygen atoms in total. The lowest BCUT2D eigenvalue weighted by molar-refractivity contribution is 0.559. The van der Waals surface area contributed by atoms with Crippen molar-refractivity contribution in [2.45, 2.75) is 46.0 Å². The molecule has 0 atom stereocenters. The molecule has 0 radical (unpaired) electrons. The van der Waals surface area contributed by atoms with Crippen LogP contribution in [0.15, 0.2) is 42.6 Å². The lowest BCUT2D eigenvalue weighted by atomic mass is 9.91. The molecule has 0 unspecified atom stereocenters. The molecule has 0 spiro atoms. The summed E-state index contributed by atoms with van der Waals surface area (Å²) in [6.45, 7) is 11.0. The van der Waals surface area contributed by atoms with E-state index in [9.17, 15) is 0 Å². The first-order chi connectivity index (χ1) is 10.4. The van der Waals surface area contributed by atoms with E-state index in [-0.39, 0.29) is 5.41 Å². The zero-order valence-corrected chi connectivity index (χ0v) is 14.0. The van der Waals surface area contributed by atoms with Crippen LogP contribution >= 0.6 is 0 Å². The predicted octanol–water partition coefficient (Wildman–Crippen LogP) is 4.84. The predicted molar refractivity (Wildman–Crippen MR) is 91.7 cm³/mol. The Balaban J connectivity index is 2.18. The molecule has 2 heterocycles. The molecule has 0 N–H and O–H groups in total. The number of pyridine rings is 1. The van der Waals surface area contributed by atoms with Crippen molar-refractivity contribution in [1.29, 1.82) is 0 Å². The van der Waals surface area contributed by atoms with Gasteiger partial charge in [-0.3, -0.25) is 4.98 Å². The van der Waals surface area contributed by atoms with Gasteiger partial charge in [-0.05, 0) is 36.2 Å². The summed E-state index contributed by atoms with van der Waals surface area (Å²) in [7, 11) is 0. The summed E-state index contributed by atoms with van der Waals surface area (Å²) in [6.07, 6.45) is 1.83. The average molecular weight is 293 g/mol. The lowest BCUT2D eigenvalue weighted by Gasteiger charge is -2.14. The Morgan fingerprint density at radius 3 is 2.50 bits per heavy atom. The second-order valence-corrected chi connectivity index (χ2v) is 7.15. The van der Waals surface area contributed by atoms with Gasteiger partial charge < -0.3 is 0 Å². The molecular formula is C19H23N3. The molecule has 0 fully saturated rings. The van der Waals surface area contributed by atoms with E-state index in [1.807, 2.05) is 12.3 Å². The summed E-state index contributed by atoms with van der Waals surface area (Å²) in [5.41, 5.74) is 4.53. The summed E-state index contributed by atoms with van der Waals surface area (Å²) in [5.74, 6) is 0.424. The van der Waals surface area contributed by atoms with E-state index >= 15 is 0 Å². The summed E-state index contributed by atoms with van der Waals surface area (Å²) in [4.78, 5) is 4.39. The first-order valence-corrected chi connectivity index (χ1v) is 7.82. The number of hydrogen-bond acceptors (Lipinski definition) is 2. The summed E-state index contributed by atoms with van der Waals surface area (Å²) in [5, 5.41) is 6.02. The zero-order chi connectivity index (χ0) is 15.9. The van der Waals surface area contributed by atoms with Crippen molar-refractivity contribution in [3.63, 3.8) is 0 Å². The molecule has 0 saturated carbocycles. The maximum Gasteiger partial charge on any atom is 0.0703 e. The fraction of sp³-hybridized carbons (Fsp3) is 0.368. The van der Waals surface area contributed by atoms with Crippen LogP contribution < -0.4 is 0 Å². The minimum absolute atomic E-state index is 0.0489. The van der Waals surface area contributed by atoms with E-state index in [1.165, 1.54) is 5.69 Å². The highest BCUT2D eigenvalue weighted by molar-refractivity contribution is 5.80. The van der Waals surface area contributed by atoms with Crippen LogP contribution in [0.25, 0.3) is 16.6 Å². The molecule has 3 rings (SSSR count). The topological polar surface area (TPSA) is 30.7 Å². The molecular weight excluding hydrogens is 270 g/mol. The molecule has 114 valence electrons. The SMILES string of the molecule is CC(C)c1cc(C(C)(C)C)nn1-c1ccc2ncccc2c1. The highest BCUT2D eigenvalue weighted by Crippen LogP contribution is 2.28. The average Bonchev–Trinajstić information content (AvgIpc) is 2.92. The number of fused-ring (bicyclic) bond motifs is 1. The maximum absolute atomic E-state index is 4.88. The Hall–Kier alpha value is -2.16. The third-order valence-corrected chi connectivity index (χ3v) is 3.93. The van der Waals surface area contributed by atoms with Gasteiger partial charge in [0.2, 0.25) is 0 Å². The molecule has 0 amide bonds. The molecule has 3 heteroatoms. The van der Waals surface area contributed by atoms with Crippen molar-refractivity contribution >= 4 is 10.9 Å². The molecule has 0 saturated heterocycles. The summed E-state index contributed by atoms with van der Waals surface area (Å²) >= 11 is 0.